The highest BCUT2D eigenvalue weighted by atomic mass is 32.2. The standard InChI is InChI=1S/C18H11FN2O3S2/c19-12-6-7-15-11(9-12)10-16(25-15)18(22)21-26(23,24)17-5-1-4-14-13(17)3-2-8-20-14/h1-10H,(H,21,22). The highest BCUT2D eigenvalue weighted by Crippen LogP contribution is 2.27. The molecular formula is C18H11FN2O3S2. The molecule has 2 heterocycles. The van der Waals surface area contributed by atoms with Crippen molar-refractivity contribution < 1.29 is 17.6 Å². The molecule has 0 bridgehead atoms. The Labute approximate surface area is 152 Å². The van der Waals surface area contributed by atoms with Crippen LogP contribution in [0, 0.1) is 5.82 Å². The van der Waals surface area contributed by atoms with Crippen LogP contribution < -0.4 is 4.72 Å². The van der Waals surface area contributed by atoms with Gasteiger partial charge >= 0.3 is 0 Å². The van der Waals surface area contributed by atoms with Crippen LogP contribution in [0.3, 0.4) is 0 Å². The molecule has 4 rings (SSSR count). The number of carbonyl (C=O) groups excluding carboxylic acids is 1. The summed E-state index contributed by atoms with van der Waals surface area (Å²) < 4.78 is 41.4. The molecule has 0 fully saturated rings. The van der Waals surface area contributed by atoms with E-state index in [-0.39, 0.29) is 9.77 Å². The Balaban J connectivity index is 1.71. The van der Waals surface area contributed by atoms with Crippen LogP contribution in [-0.4, -0.2) is 19.3 Å². The van der Waals surface area contributed by atoms with Crippen molar-refractivity contribution in [2.24, 2.45) is 0 Å². The molecule has 0 aliphatic carbocycles. The molecule has 2 aromatic heterocycles. The molecule has 130 valence electrons. The zero-order chi connectivity index (χ0) is 18.3. The normalized spacial score (nSPS) is 11.7. The third-order valence-corrected chi connectivity index (χ3v) is 6.33. The fraction of sp³-hybridized carbons (Fsp3) is 0. The van der Waals surface area contributed by atoms with Gasteiger partial charge in [0.15, 0.2) is 0 Å². The number of pyridine rings is 1. The molecule has 5 nitrogen and oxygen atoms in total. The molecule has 1 N–H and O–H groups in total. The van der Waals surface area contributed by atoms with Crippen LogP contribution in [0.5, 0.6) is 0 Å². The van der Waals surface area contributed by atoms with Gasteiger partial charge in [-0.3, -0.25) is 9.78 Å². The number of fused-ring (bicyclic) bond motifs is 2. The molecule has 0 radical (unpaired) electrons. The number of thiophene rings is 1. The summed E-state index contributed by atoms with van der Waals surface area (Å²) in [7, 11) is -4.09. The highest BCUT2D eigenvalue weighted by Gasteiger charge is 2.22. The maximum atomic E-state index is 13.3. The lowest BCUT2D eigenvalue weighted by Crippen LogP contribution is -2.30. The smallest absolute Gasteiger partial charge is 0.267 e. The number of carbonyl (C=O) groups is 1. The minimum absolute atomic E-state index is 0.0244. The largest absolute Gasteiger partial charge is 0.275 e. The number of hydrogen-bond donors (Lipinski definition) is 1. The minimum Gasteiger partial charge on any atom is -0.267 e. The van der Waals surface area contributed by atoms with Crippen molar-refractivity contribution in [3.63, 3.8) is 0 Å². The quantitative estimate of drug-likeness (QED) is 0.582. The van der Waals surface area contributed by atoms with Crippen LogP contribution in [0.25, 0.3) is 21.0 Å². The highest BCUT2D eigenvalue weighted by molar-refractivity contribution is 7.90. The Hall–Kier alpha value is -2.84. The molecule has 8 heteroatoms. The number of aromatic nitrogens is 1. The fourth-order valence-corrected chi connectivity index (χ4v) is 4.85. The average Bonchev–Trinajstić information content (AvgIpc) is 3.04. The second-order valence-electron chi connectivity index (χ2n) is 5.55. The van der Waals surface area contributed by atoms with Gasteiger partial charge in [0, 0.05) is 16.3 Å². The zero-order valence-electron chi connectivity index (χ0n) is 13.1. The third-order valence-electron chi connectivity index (χ3n) is 3.82. The lowest BCUT2D eigenvalue weighted by molar-refractivity contribution is 0.0985. The first-order valence-corrected chi connectivity index (χ1v) is 9.84. The van der Waals surface area contributed by atoms with E-state index < -0.39 is 21.7 Å². The Morgan fingerprint density at radius 2 is 1.92 bits per heavy atom. The van der Waals surface area contributed by atoms with Crippen LogP contribution >= 0.6 is 11.3 Å². The summed E-state index contributed by atoms with van der Waals surface area (Å²) in [5.74, 6) is -1.18. The Morgan fingerprint density at radius 3 is 2.77 bits per heavy atom. The first kappa shape index (κ1) is 16.6. The molecule has 4 aromatic rings. The molecule has 0 aliphatic heterocycles. The molecule has 0 atom stereocenters. The van der Waals surface area contributed by atoms with E-state index in [1.54, 1.807) is 36.5 Å². The molecule has 26 heavy (non-hydrogen) atoms. The van der Waals surface area contributed by atoms with E-state index in [9.17, 15) is 17.6 Å². The van der Waals surface area contributed by atoms with E-state index in [0.29, 0.717) is 21.0 Å². The summed E-state index contributed by atoms with van der Waals surface area (Å²) in [5.41, 5.74) is 0.514. The predicted octanol–water partition coefficient (Wildman–Crippen LogP) is 3.71. The van der Waals surface area contributed by atoms with Crippen molar-refractivity contribution in [2.45, 2.75) is 4.90 Å². The maximum Gasteiger partial charge on any atom is 0.275 e. The predicted molar refractivity (Wildman–Crippen MR) is 98.2 cm³/mol. The monoisotopic (exact) mass is 386 g/mol. The molecule has 0 saturated carbocycles. The van der Waals surface area contributed by atoms with Gasteiger partial charge in [0.05, 0.1) is 15.3 Å². The summed E-state index contributed by atoms with van der Waals surface area (Å²) in [6.45, 7) is 0. The summed E-state index contributed by atoms with van der Waals surface area (Å²) in [4.78, 5) is 16.7. The second-order valence-corrected chi connectivity index (χ2v) is 8.29. The fourth-order valence-electron chi connectivity index (χ4n) is 2.66. The number of amides is 1. The van der Waals surface area contributed by atoms with Gasteiger partial charge in [0.1, 0.15) is 5.82 Å². The van der Waals surface area contributed by atoms with E-state index in [1.165, 1.54) is 24.3 Å². The summed E-state index contributed by atoms with van der Waals surface area (Å²) in [6.07, 6.45) is 1.56. The topological polar surface area (TPSA) is 76.1 Å². The van der Waals surface area contributed by atoms with E-state index in [4.69, 9.17) is 0 Å². The van der Waals surface area contributed by atoms with Gasteiger partial charge in [0.2, 0.25) is 0 Å². The van der Waals surface area contributed by atoms with Gasteiger partial charge in [-0.05, 0) is 53.9 Å². The van der Waals surface area contributed by atoms with Crippen molar-refractivity contribution in [3.05, 3.63) is 71.5 Å². The molecule has 0 unspecified atom stereocenters. The Bertz CT molecular complexity index is 1260. The van der Waals surface area contributed by atoms with Crippen molar-refractivity contribution >= 4 is 48.3 Å². The van der Waals surface area contributed by atoms with Gasteiger partial charge in [-0.25, -0.2) is 17.5 Å². The van der Waals surface area contributed by atoms with Crippen LogP contribution in [-0.2, 0) is 10.0 Å². The lowest BCUT2D eigenvalue weighted by atomic mass is 10.2. The number of sulfonamides is 1. The van der Waals surface area contributed by atoms with Gasteiger partial charge in [0.25, 0.3) is 15.9 Å². The van der Waals surface area contributed by atoms with Gasteiger partial charge < -0.3 is 0 Å². The van der Waals surface area contributed by atoms with Crippen molar-refractivity contribution in [1.82, 2.24) is 9.71 Å². The molecule has 1 amide bonds. The number of halogens is 1. The van der Waals surface area contributed by atoms with Gasteiger partial charge in [-0.1, -0.05) is 6.07 Å². The van der Waals surface area contributed by atoms with Crippen molar-refractivity contribution in [1.29, 1.82) is 0 Å². The van der Waals surface area contributed by atoms with E-state index in [0.717, 1.165) is 11.3 Å². The minimum atomic E-state index is -4.09. The lowest BCUT2D eigenvalue weighted by Gasteiger charge is -2.08. The number of rotatable bonds is 3. The number of nitrogens with one attached hydrogen (secondary N) is 1. The van der Waals surface area contributed by atoms with E-state index in [2.05, 4.69) is 9.71 Å². The van der Waals surface area contributed by atoms with Crippen molar-refractivity contribution in [3.8, 4) is 0 Å². The SMILES string of the molecule is O=C(NS(=O)(=O)c1cccc2ncccc12)c1cc2cc(F)ccc2s1. The molecule has 0 aliphatic rings. The summed E-state index contributed by atoms with van der Waals surface area (Å²) in [5, 5.41) is 0.973. The zero-order valence-corrected chi connectivity index (χ0v) is 14.8. The second kappa shape index (κ2) is 6.15. The average molecular weight is 386 g/mol. The van der Waals surface area contributed by atoms with Crippen LogP contribution in [0.1, 0.15) is 9.67 Å². The van der Waals surface area contributed by atoms with Gasteiger partial charge in [-0.15, -0.1) is 11.3 Å². The molecular weight excluding hydrogens is 375 g/mol. The Morgan fingerprint density at radius 1 is 1.08 bits per heavy atom. The number of benzene rings is 2. The van der Waals surface area contributed by atoms with E-state index in [1.807, 2.05) is 0 Å². The third kappa shape index (κ3) is 2.93. The van der Waals surface area contributed by atoms with Crippen LogP contribution in [0.4, 0.5) is 4.39 Å². The number of nitrogens with zero attached hydrogens (tertiary/aromatic N) is 1. The first-order valence-electron chi connectivity index (χ1n) is 7.54. The maximum absolute atomic E-state index is 13.3. The van der Waals surface area contributed by atoms with Crippen molar-refractivity contribution in [2.75, 3.05) is 0 Å². The summed E-state index contributed by atoms with van der Waals surface area (Å²) in [6, 6.07) is 13.5. The van der Waals surface area contributed by atoms with Crippen LogP contribution in [0.2, 0.25) is 0 Å². The summed E-state index contributed by atoms with van der Waals surface area (Å²) >= 11 is 1.10. The van der Waals surface area contributed by atoms with Crippen LogP contribution in [0.15, 0.2) is 65.7 Å². The molecule has 0 saturated heterocycles. The van der Waals surface area contributed by atoms with E-state index >= 15 is 0 Å². The number of hydrogen-bond acceptors (Lipinski definition) is 5. The molecule has 0 spiro atoms. The Kier molecular flexibility index (Phi) is 3.93. The van der Waals surface area contributed by atoms with Gasteiger partial charge in [-0.2, -0.15) is 0 Å². The molecule has 2 aromatic carbocycles. The first-order chi connectivity index (χ1) is 12.4.